The molecule has 0 N–H and O–H groups in total. The lowest BCUT2D eigenvalue weighted by Crippen LogP contribution is -2.16. The molecule has 0 amide bonds. The van der Waals surface area contributed by atoms with Gasteiger partial charge in [0.15, 0.2) is 0 Å². The molecule has 0 atom stereocenters. The van der Waals surface area contributed by atoms with Crippen LogP contribution in [-0.2, 0) is 32.5 Å². The van der Waals surface area contributed by atoms with Crippen molar-refractivity contribution in [1.29, 1.82) is 0 Å². The molecule has 240 valence electrons. The molecule has 2 heteroatoms. The maximum atomic E-state index is 13.9. The van der Waals surface area contributed by atoms with Crippen LogP contribution in [0.25, 0.3) is 0 Å². The molecule has 0 bridgehead atoms. The summed E-state index contributed by atoms with van der Waals surface area (Å²) in [5, 5.41) is 0. The summed E-state index contributed by atoms with van der Waals surface area (Å²) < 4.78 is 13.9. The molecule has 0 saturated carbocycles. The fourth-order valence-electron chi connectivity index (χ4n) is 4.34. The van der Waals surface area contributed by atoms with Gasteiger partial charge in [0, 0.05) is 17.3 Å². The highest BCUT2D eigenvalue weighted by Crippen LogP contribution is 2.30. The van der Waals surface area contributed by atoms with Gasteiger partial charge in [-0.1, -0.05) is 167 Å². The molecule has 0 saturated heterocycles. The first-order valence-corrected chi connectivity index (χ1v) is 15.9. The Balaban J connectivity index is 0.000000323. The molecule has 1 heterocycles. The normalized spacial score (nSPS) is 13.0. The van der Waals surface area contributed by atoms with Crippen LogP contribution in [0.1, 0.15) is 158 Å². The second-order valence-electron chi connectivity index (χ2n) is 18.2. The summed E-state index contributed by atoms with van der Waals surface area (Å²) in [5.74, 6) is -0.0880. The zero-order valence-corrected chi connectivity index (χ0v) is 31.1. The van der Waals surface area contributed by atoms with E-state index in [0.29, 0.717) is 0 Å². The molecule has 0 spiro atoms. The molecule has 2 aromatic carbocycles. The van der Waals surface area contributed by atoms with Crippen LogP contribution in [-0.4, -0.2) is 4.98 Å². The lowest BCUT2D eigenvalue weighted by molar-refractivity contribution is 0.513. The van der Waals surface area contributed by atoms with E-state index in [4.69, 9.17) is 0 Å². The van der Waals surface area contributed by atoms with Crippen LogP contribution >= 0.6 is 0 Å². The summed E-state index contributed by atoms with van der Waals surface area (Å²) in [7, 11) is 0. The molecule has 1 nitrogen and oxygen atoms in total. The fourth-order valence-corrected chi connectivity index (χ4v) is 4.34. The number of pyridine rings is 1. The van der Waals surface area contributed by atoms with Crippen LogP contribution in [0.5, 0.6) is 0 Å². The minimum atomic E-state index is -0.125. The number of aromatic nitrogens is 1. The van der Waals surface area contributed by atoms with Gasteiger partial charge in [0.1, 0.15) is 5.82 Å². The summed E-state index contributed by atoms with van der Waals surface area (Å²) in [6.45, 7) is 39.1. The fraction of sp³-hybridized carbons (Fsp3) is 0.585. The minimum Gasteiger partial charge on any atom is -0.260 e. The Morgan fingerprint density at radius 2 is 0.744 bits per heavy atom. The predicted molar refractivity (Wildman–Crippen MR) is 189 cm³/mol. The summed E-state index contributed by atoms with van der Waals surface area (Å²) >= 11 is 0. The largest absolute Gasteiger partial charge is 0.260 e. The van der Waals surface area contributed by atoms with Gasteiger partial charge in [-0.25, -0.2) is 4.39 Å². The topological polar surface area (TPSA) is 12.9 Å². The van der Waals surface area contributed by atoms with Crippen LogP contribution in [0, 0.1) is 5.82 Å². The van der Waals surface area contributed by atoms with Crippen LogP contribution in [0.4, 0.5) is 4.39 Å². The third-order valence-electron chi connectivity index (χ3n) is 7.66. The van der Waals surface area contributed by atoms with E-state index >= 15 is 0 Å². The van der Waals surface area contributed by atoms with Crippen molar-refractivity contribution in [1.82, 2.24) is 4.98 Å². The summed E-state index contributed by atoms with van der Waals surface area (Å²) in [6, 6.07) is 18.9. The van der Waals surface area contributed by atoms with Crippen molar-refractivity contribution in [2.24, 2.45) is 0 Å². The van der Waals surface area contributed by atoms with Gasteiger partial charge in [0.05, 0.1) is 0 Å². The molecule has 0 aliphatic carbocycles. The van der Waals surface area contributed by atoms with Crippen LogP contribution in [0.3, 0.4) is 0 Å². The smallest absolute Gasteiger partial charge is 0.127 e. The van der Waals surface area contributed by atoms with Gasteiger partial charge in [0.2, 0.25) is 0 Å². The van der Waals surface area contributed by atoms with Gasteiger partial charge in [0.25, 0.3) is 0 Å². The zero-order chi connectivity index (χ0) is 33.8. The predicted octanol–water partition coefficient (Wildman–Crippen LogP) is 12.4. The van der Waals surface area contributed by atoms with Crippen LogP contribution < -0.4 is 0 Å². The molecule has 0 aliphatic rings. The van der Waals surface area contributed by atoms with Gasteiger partial charge >= 0.3 is 0 Å². The lowest BCUT2D eigenvalue weighted by atomic mass is 9.82. The molecule has 3 aromatic rings. The standard InChI is InChI=1S/C14H21F.C14H22.C13H21N/c1-13(2,3)10-7-8-11(12(15)9-10)14(4,5)6;1-13(2,3)11-7-9-12(10-8-11)14(4,5)6;1-12(2,3)10-7-8-11(14-9-10)13(4,5)6/h7-9H,1-6H3;7-10H,1-6H3;7-9H,1-6H3. The van der Waals surface area contributed by atoms with Gasteiger partial charge in [-0.2, -0.15) is 0 Å². The average Bonchev–Trinajstić information content (AvgIpc) is 2.81. The number of nitrogens with zero attached hydrogens (tertiary/aromatic N) is 1. The minimum absolute atomic E-state index is 0.0112. The van der Waals surface area contributed by atoms with E-state index in [0.717, 1.165) is 16.8 Å². The molecule has 0 unspecified atom stereocenters. The van der Waals surface area contributed by atoms with Gasteiger partial charge < -0.3 is 0 Å². The first kappa shape index (κ1) is 38.5. The van der Waals surface area contributed by atoms with Crippen molar-refractivity contribution < 1.29 is 4.39 Å². The van der Waals surface area contributed by atoms with Crippen LogP contribution in [0.15, 0.2) is 60.8 Å². The lowest BCUT2D eigenvalue weighted by Gasteiger charge is -2.24. The first-order valence-electron chi connectivity index (χ1n) is 15.9. The maximum Gasteiger partial charge on any atom is 0.127 e. The van der Waals surface area contributed by atoms with E-state index in [1.54, 1.807) is 6.07 Å². The Bertz CT molecular complexity index is 1140. The summed E-state index contributed by atoms with van der Waals surface area (Å²) in [5.41, 5.74) is 7.86. The quantitative estimate of drug-likeness (QED) is 0.254. The molecule has 0 aliphatic heterocycles. The number of hydrogen-bond donors (Lipinski definition) is 0. The summed E-state index contributed by atoms with van der Waals surface area (Å²) in [4.78, 5) is 4.52. The molecule has 1 aromatic heterocycles. The SMILES string of the molecule is CC(C)(C)c1ccc(C(C)(C)C)c(F)c1.CC(C)(C)c1ccc(C(C)(C)C)cc1.CC(C)(C)c1ccc(C(C)(C)C)nc1. The third kappa shape index (κ3) is 12.6. The average molecular weight is 590 g/mol. The van der Waals surface area contributed by atoms with Crippen molar-refractivity contribution in [2.45, 2.75) is 157 Å². The number of benzene rings is 2. The van der Waals surface area contributed by atoms with E-state index in [9.17, 15) is 4.39 Å². The van der Waals surface area contributed by atoms with Crippen molar-refractivity contribution >= 4 is 0 Å². The van der Waals surface area contributed by atoms with Crippen molar-refractivity contribution in [2.75, 3.05) is 0 Å². The first-order chi connectivity index (χ1) is 19.0. The number of rotatable bonds is 0. The van der Waals surface area contributed by atoms with E-state index in [1.807, 2.05) is 39.1 Å². The molecule has 0 radical (unpaired) electrons. The second-order valence-corrected chi connectivity index (χ2v) is 18.2. The summed E-state index contributed by atoms with van der Waals surface area (Å²) in [6.07, 6.45) is 2.00. The van der Waals surface area contributed by atoms with Crippen LogP contribution in [0.2, 0.25) is 0 Å². The molecule has 43 heavy (non-hydrogen) atoms. The van der Waals surface area contributed by atoms with Gasteiger partial charge in [-0.3, -0.25) is 4.98 Å². The Labute approximate surface area is 266 Å². The number of hydrogen-bond acceptors (Lipinski definition) is 1. The molecular weight excluding hydrogens is 525 g/mol. The van der Waals surface area contributed by atoms with Crippen molar-refractivity contribution in [3.8, 4) is 0 Å². The van der Waals surface area contributed by atoms with Gasteiger partial charge in [-0.05, 0) is 67.0 Å². The Morgan fingerprint density at radius 1 is 0.395 bits per heavy atom. The third-order valence-corrected chi connectivity index (χ3v) is 7.66. The van der Waals surface area contributed by atoms with Crippen molar-refractivity contribution in [3.05, 3.63) is 100 Å². The highest BCUT2D eigenvalue weighted by Gasteiger charge is 2.22. The highest BCUT2D eigenvalue weighted by atomic mass is 19.1. The zero-order valence-electron chi connectivity index (χ0n) is 31.1. The highest BCUT2D eigenvalue weighted by molar-refractivity contribution is 5.33. The maximum absolute atomic E-state index is 13.9. The second kappa shape index (κ2) is 13.7. The molecular formula is C41H64FN. The van der Waals surface area contributed by atoms with E-state index in [1.165, 1.54) is 16.7 Å². The Kier molecular flexibility index (Phi) is 12.2. The van der Waals surface area contributed by atoms with Crippen molar-refractivity contribution in [3.63, 3.8) is 0 Å². The Hall–Kier alpha value is -2.48. The monoisotopic (exact) mass is 590 g/mol. The van der Waals surface area contributed by atoms with E-state index in [2.05, 4.69) is 145 Å². The molecule has 0 fully saturated rings. The Morgan fingerprint density at radius 3 is 1.00 bits per heavy atom. The van der Waals surface area contributed by atoms with Gasteiger partial charge in [-0.15, -0.1) is 0 Å². The number of halogens is 1. The van der Waals surface area contributed by atoms with E-state index < -0.39 is 0 Å². The van der Waals surface area contributed by atoms with E-state index in [-0.39, 0.29) is 38.3 Å². The molecule has 3 rings (SSSR count).